The van der Waals surface area contributed by atoms with Crippen molar-refractivity contribution in [2.45, 2.75) is 6.92 Å². The Morgan fingerprint density at radius 2 is 2.30 bits per heavy atom. The number of allylic oxidation sites excluding steroid dienone is 1. The number of rotatable bonds is 0. The second-order valence-corrected chi connectivity index (χ2v) is 2.64. The van der Waals surface area contributed by atoms with Gasteiger partial charge in [0, 0.05) is 24.0 Å². The molecule has 0 aromatic rings. The zero-order valence-electron chi connectivity index (χ0n) is 5.89. The zero-order chi connectivity index (χ0) is 6.97. The standard InChI is InChI=1S/C8H10N2/c1-6-4-10-8-5-9-3-2-7(6)8/h2-5,7,9-10H,1H3. The lowest BCUT2D eigenvalue weighted by molar-refractivity contribution is 0.836. The molecule has 0 bridgehead atoms. The van der Waals surface area contributed by atoms with Crippen LogP contribution in [0.1, 0.15) is 6.92 Å². The van der Waals surface area contributed by atoms with Gasteiger partial charge in [0.25, 0.3) is 0 Å². The first-order valence-electron chi connectivity index (χ1n) is 3.44. The van der Waals surface area contributed by atoms with Gasteiger partial charge in [0.1, 0.15) is 0 Å². The largest absolute Gasteiger partial charge is 0.366 e. The van der Waals surface area contributed by atoms with Crippen LogP contribution in [0, 0.1) is 5.92 Å². The van der Waals surface area contributed by atoms with Crippen LogP contribution in [0.15, 0.2) is 35.9 Å². The van der Waals surface area contributed by atoms with E-state index in [1.54, 1.807) is 0 Å². The van der Waals surface area contributed by atoms with Crippen LogP contribution in [0.2, 0.25) is 0 Å². The van der Waals surface area contributed by atoms with E-state index in [9.17, 15) is 0 Å². The summed E-state index contributed by atoms with van der Waals surface area (Å²) in [6.07, 6.45) is 8.17. The Hall–Kier alpha value is -1.18. The van der Waals surface area contributed by atoms with Crippen LogP contribution in [0.25, 0.3) is 0 Å². The topological polar surface area (TPSA) is 24.1 Å². The molecule has 2 N–H and O–H groups in total. The lowest BCUT2D eigenvalue weighted by Gasteiger charge is -2.12. The summed E-state index contributed by atoms with van der Waals surface area (Å²) in [5.74, 6) is 0.501. The Balaban J connectivity index is 2.32. The van der Waals surface area contributed by atoms with Gasteiger partial charge in [-0.2, -0.15) is 0 Å². The zero-order valence-corrected chi connectivity index (χ0v) is 5.89. The molecule has 0 amide bonds. The van der Waals surface area contributed by atoms with Gasteiger partial charge in [0.2, 0.25) is 0 Å². The molecule has 52 valence electrons. The van der Waals surface area contributed by atoms with E-state index >= 15 is 0 Å². The van der Waals surface area contributed by atoms with Crippen molar-refractivity contribution >= 4 is 0 Å². The van der Waals surface area contributed by atoms with Crippen molar-refractivity contribution in [3.05, 3.63) is 35.9 Å². The quantitative estimate of drug-likeness (QED) is 0.517. The summed E-state index contributed by atoms with van der Waals surface area (Å²) >= 11 is 0. The molecule has 0 radical (unpaired) electrons. The average molecular weight is 134 g/mol. The maximum atomic E-state index is 3.19. The number of dihydropyridines is 1. The monoisotopic (exact) mass is 134 g/mol. The summed E-state index contributed by atoms with van der Waals surface area (Å²) in [7, 11) is 0. The molecule has 10 heavy (non-hydrogen) atoms. The Kier molecular flexibility index (Phi) is 1.07. The van der Waals surface area contributed by atoms with E-state index in [-0.39, 0.29) is 0 Å². The molecular weight excluding hydrogens is 124 g/mol. The minimum Gasteiger partial charge on any atom is -0.366 e. The molecule has 2 aliphatic rings. The third-order valence-corrected chi connectivity index (χ3v) is 1.92. The Morgan fingerprint density at radius 3 is 3.10 bits per heavy atom. The van der Waals surface area contributed by atoms with E-state index in [2.05, 4.69) is 23.6 Å². The van der Waals surface area contributed by atoms with Crippen molar-refractivity contribution in [2.75, 3.05) is 0 Å². The Bertz CT molecular complexity index is 236. The van der Waals surface area contributed by atoms with E-state index in [1.165, 1.54) is 11.3 Å². The van der Waals surface area contributed by atoms with E-state index < -0.39 is 0 Å². The van der Waals surface area contributed by atoms with Gasteiger partial charge in [-0.1, -0.05) is 6.08 Å². The van der Waals surface area contributed by atoms with Crippen molar-refractivity contribution < 1.29 is 0 Å². The van der Waals surface area contributed by atoms with Crippen LogP contribution < -0.4 is 10.6 Å². The summed E-state index contributed by atoms with van der Waals surface area (Å²) in [6, 6.07) is 0. The van der Waals surface area contributed by atoms with E-state index in [1.807, 2.05) is 18.6 Å². The highest BCUT2D eigenvalue weighted by atomic mass is 14.9. The molecule has 2 heteroatoms. The van der Waals surface area contributed by atoms with Gasteiger partial charge in [-0.05, 0) is 18.7 Å². The third kappa shape index (κ3) is 0.652. The van der Waals surface area contributed by atoms with Crippen molar-refractivity contribution in [3.8, 4) is 0 Å². The van der Waals surface area contributed by atoms with Gasteiger partial charge in [0.15, 0.2) is 0 Å². The fraction of sp³-hybridized carbons (Fsp3) is 0.250. The first-order chi connectivity index (χ1) is 4.88. The molecule has 1 atom stereocenters. The third-order valence-electron chi connectivity index (χ3n) is 1.92. The van der Waals surface area contributed by atoms with Gasteiger partial charge >= 0.3 is 0 Å². The van der Waals surface area contributed by atoms with Crippen LogP contribution in [0.5, 0.6) is 0 Å². The molecule has 0 aromatic heterocycles. The lowest BCUT2D eigenvalue weighted by Crippen LogP contribution is -2.14. The van der Waals surface area contributed by atoms with Crippen molar-refractivity contribution in [2.24, 2.45) is 5.92 Å². The van der Waals surface area contributed by atoms with Crippen LogP contribution >= 0.6 is 0 Å². The predicted octanol–water partition coefficient (Wildman–Crippen LogP) is 1.07. The van der Waals surface area contributed by atoms with Gasteiger partial charge in [0.05, 0.1) is 0 Å². The molecule has 0 aliphatic carbocycles. The summed E-state index contributed by atoms with van der Waals surface area (Å²) in [6.45, 7) is 2.13. The van der Waals surface area contributed by atoms with Crippen LogP contribution in [0.4, 0.5) is 0 Å². The number of fused-ring (bicyclic) bond motifs is 1. The fourth-order valence-electron chi connectivity index (χ4n) is 1.30. The van der Waals surface area contributed by atoms with Gasteiger partial charge in [-0.25, -0.2) is 0 Å². The second kappa shape index (κ2) is 1.90. The average Bonchev–Trinajstić information content (AvgIpc) is 2.34. The summed E-state index contributed by atoms with van der Waals surface area (Å²) in [4.78, 5) is 0. The molecule has 2 nitrogen and oxygen atoms in total. The second-order valence-electron chi connectivity index (χ2n) is 2.64. The van der Waals surface area contributed by atoms with E-state index in [0.29, 0.717) is 5.92 Å². The number of nitrogens with one attached hydrogen (secondary N) is 2. The minimum atomic E-state index is 0.501. The van der Waals surface area contributed by atoms with Gasteiger partial charge < -0.3 is 10.6 Å². The fourth-order valence-corrected chi connectivity index (χ4v) is 1.30. The molecule has 2 rings (SSSR count). The van der Waals surface area contributed by atoms with Crippen molar-refractivity contribution in [3.63, 3.8) is 0 Å². The highest BCUT2D eigenvalue weighted by molar-refractivity contribution is 5.33. The molecule has 2 aliphatic heterocycles. The van der Waals surface area contributed by atoms with Crippen molar-refractivity contribution in [1.82, 2.24) is 10.6 Å². The highest BCUT2D eigenvalue weighted by Crippen LogP contribution is 2.25. The van der Waals surface area contributed by atoms with Gasteiger partial charge in [-0.3, -0.25) is 0 Å². The maximum absolute atomic E-state index is 3.19. The molecular formula is C8H10N2. The molecule has 0 saturated carbocycles. The first-order valence-corrected chi connectivity index (χ1v) is 3.44. The molecule has 0 fully saturated rings. The van der Waals surface area contributed by atoms with E-state index in [0.717, 1.165) is 0 Å². The highest BCUT2D eigenvalue weighted by Gasteiger charge is 2.19. The van der Waals surface area contributed by atoms with Crippen molar-refractivity contribution in [1.29, 1.82) is 0 Å². The molecule has 0 spiro atoms. The molecule has 1 unspecified atom stereocenters. The number of hydrogen-bond acceptors (Lipinski definition) is 2. The lowest BCUT2D eigenvalue weighted by atomic mass is 10.00. The van der Waals surface area contributed by atoms with E-state index in [4.69, 9.17) is 0 Å². The summed E-state index contributed by atoms with van der Waals surface area (Å²) < 4.78 is 0. The van der Waals surface area contributed by atoms with Crippen LogP contribution in [-0.2, 0) is 0 Å². The first kappa shape index (κ1) is 5.59. The predicted molar refractivity (Wildman–Crippen MR) is 40.7 cm³/mol. The Labute approximate surface area is 60.3 Å². The smallest absolute Gasteiger partial charge is 0.0425 e. The van der Waals surface area contributed by atoms with Crippen LogP contribution in [-0.4, -0.2) is 0 Å². The maximum Gasteiger partial charge on any atom is 0.0425 e. The Morgan fingerprint density at radius 1 is 1.40 bits per heavy atom. The summed E-state index contributed by atoms with van der Waals surface area (Å²) in [5.41, 5.74) is 2.63. The van der Waals surface area contributed by atoms with Gasteiger partial charge in [-0.15, -0.1) is 0 Å². The summed E-state index contributed by atoms with van der Waals surface area (Å²) in [5, 5.41) is 6.23. The molecule has 0 aromatic carbocycles. The normalized spacial score (nSPS) is 27.9. The molecule has 2 heterocycles. The molecule has 0 saturated heterocycles. The SMILES string of the molecule is CC1=CNC2=CNC=CC12. The van der Waals surface area contributed by atoms with Crippen LogP contribution in [0.3, 0.4) is 0 Å². The minimum absolute atomic E-state index is 0.501. The number of hydrogen-bond donors (Lipinski definition) is 2.